The van der Waals surface area contributed by atoms with Gasteiger partial charge < -0.3 is 19.8 Å². The Hall–Kier alpha value is -2.08. The van der Waals surface area contributed by atoms with E-state index in [0.717, 1.165) is 12.8 Å². The Labute approximate surface area is 142 Å². The molecule has 0 saturated carbocycles. The van der Waals surface area contributed by atoms with Gasteiger partial charge in [0.25, 0.3) is 0 Å². The minimum absolute atomic E-state index is 0.0967. The van der Waals surface area contributed by atoms with Gasteiger partial charge in [-0.25, -0.2) is 9.59 Å². The maximum absolute atomic E-state index is 12.2. The van der Waals surface area contributed by atoms with Crippen molar-refractivity contribution in [1.29, 1.82) is 0 Å². The van der Waals surface area contributed by atoms with E-state index >= 15 is 0 Å². The first-order chi connectivity index (χ1) is 11.2. The molecule has 1 heterocycles. The van der Waals surface area contributed by atoms with Gasteiger partial charge in [-0.05, 0) is 45.2 Å². The Morgan fingerprint density at radius 3 is 2.58 bits per heavy atom. The van der Waals surface area contributed by atoms with Crippen LogP contribution in [-0.2, 0) is 4.74 Å². The number of carboxylic acid groups (broad SMARTS) is 1. The van der Waals surface area contributed by atoms with Crippen LogP contribution in [0.1, 0.15) is 55.6 Å². The molecule has 1 aliphatic rings. The summed E-state index contributed by atoms with van der Waals surface area (Å²) in [6.45, 7) is 6.36. The predicted molar refractivity (Wildman–Crippen MR) is 88.9 cm³/mol. The van der Waals surface area contributed by atoms with Crippen LogP contribution in [0, 0.1) is 5.92 Å². The molecule has 0 spiro atoms. The summed E-state index contributed by atoms with van der Waals surface area (Å²) in [4.78, 5) is 25.2. The Morgan fingerprint density at radius 2 is 1.96 bits per heavy atom. The molecular formula is C18H25NO5. The van der Waals surface area contributed by atoms with Gasteiger partial charge in [-0.15, -0.1) is 0 Å². The molecule has 1 aromatic carbocycles. The monoisotopic (exact) mass is 335 g/mol. The number of hydrogen-bond donors (Lipinski definition) is 2. The zero-order chi connectivity index (χ0) is 17.9. The van der Waals surface area contributed by atoms with Gasteiger partial charge in [-0.3, -0.25) is 0 Å². The summed E-state index contributed by atoms with van der Waals surface area (Å²) in [7, 11) is 0. The number of ether oxygens (including phenoxy) is 1. The molecule has 1 aliphatic heterocycles. The third kappa shape index (κ3) is 4.47. The number of nitrogens with zero attached hydrogens (tertiary/aromatic N) is 1. The second kappa shape index (κ2) is 7.21. The lowest BCUT2D eigenvalue weighted by Crippen LogP contribution is -2.44. The van der Waals surface area contributed by atoms with Crippen LogP contribution in [0.2, 0.25) is 0 Å². The Balaban J connectivity index is 2.12. The molecule has 2 atom stereocenters. The molecule has 132 valence electrons. The van der Waals surface area contributed by atoms with Gasteiger partial charge in [0.2, 0.25) is 0 Å². The van der Waals surface area contributed by atoms with Crippen molar-refractivity contribution in [3.63, 3.8) is 0 Å². The summed E-state index contributed by atoms with van der Waals surface area (Å²) < 4.78 is 5.38. The Kier molecular flexibility index (Phi) is 5.49. The van der Waals surface area contributed by atoms with Crippen molar-refractivity contribution in [2.75, 3.05) is 13.1 Å². The average Bonchev–Trinajstić information content (AvgIpc) is 2.52. The number of hydrogen-bond acceptors (Lipinski definition) is 4. The fourth-order valence-corrected chi connectivity index (χ4v) is 2.96. The molecule has 1 fully saturated rings. The van der Waals surface area contributed by atoms with Crippen LogP contribution in [0.15, 0.2) is 24.3 Å². The van der Waals surface area contributed by atoms with Crippen LogP contribution in [0.5, 0.6) is 0 Å². The summed E-state index contributed by atoms with van der Waals surface area (Å²) in [6, 6.07) is 6.45. The molecule has 2 unspecified atom stereocenters. The highest BCUT2D eigenvalue weighted by Crippen LogP contribution is 2.32. The SMILES string of the molecule is CC(C)(C)OC(=O)N1CCCC(C(O)c2ccccc2C(=O)O)C1. The molecule has 0 aliphatic carbocycles. The van der Waals surface area contributed by atoms with Crippen LogP contribution < -0.4 is 0 Å². The van der Waals surface area contributed by atoms with E-state index in [9.17, 15) is 19.8 Å². The number of benzene rings is 1. The lowest BCUT2D eigenvalue weighted by molar-refractivity contribution is 0.00206. The number of amides is 1. The maximum atomic E-state index is 12.2. The quantitative estimate of drug-likeness (QED) is 0.886. The Bertz CT molecular complexity index is 608. The summed E-state index contributed by atoms with van der Waals surface area (Å²) in [6.07, 6.45) is 0.151. The van der Waals surface area contributed by atoms with E-state index < -0.39 is 23.8 Å². The lowest BCUT2D eigenvalue weighted by atomic mass is 9.87. The zero-order valence-corrected chi connectivity index (χ0v) is 14.4. The Morgan fingerprint density at radius 1 is 1.29 bits per heavy atom. The molecule has 1 aromatic rings. The predicted octanol–water partition coefficient (Wildman–Crippen LogP) is 3.07. The molecule has 0 bridgehead atoms. The van der Waals surface area contributed by atoms with E-state index in [-0.39, 0.29) is 11.5 Å². The molecule has 1 amide bonds. The first-order valence-corrected chi connectivity index (χ1v) is 8.17. The van der Waals surface area contributed by atoms with E-state index in [4.69, 9.17) is 4.74 Å². The molecule has 0 aromatic heterocycles. The third-order valence-corrected chi connectivity index (χ3v) is 4.07. The lowest BCUT2D eigenvalue weighted by Gasteiger charge is -2.36. The normalized spacial score (nSPS) is 19.7. The maximum Gasteiger partial charge on any atom is 0.410 e. The zero-order valence-electron chi connectivity index (χ0n) is 14.4. The number of aliphatic hydroxyl groups excluding tert-OH is 1. The second-order valence-corrected chi connectivity index (χ2v) is 7.17. The first-order valence-electron chi connectivity index (χ1n) is 8.17. The van der Waals surface area contributed by atoms with E-state index in [1.807, 2.05) is 20.8 Å². The summed E-state index contributed by atoms with van der Waals surface area (Å²) in [5, 5.41) is 20.0. The number of carbonyl (C=O) groups is 2. The fourth-order valence-electron chi connectivity index (χ4n) is 2.96. The highest BCUT2D eigenvalue weighted by atomic mass is 16.6. The number of likely N-dealkylation sites (tertiary alicyclic amines) is 1. The van der Waals surface area contributed by atoms with Crippen molar-refractivity contribution >= 4 is 12.1 Å². The van der Waals surface area contributed by atoms with Crippen LogP contribution >= 0.6 is 0 Å². The highest BCUT2D eigenvalue weighted by molar-refractivity contribution is 5.89. The van der Waals surface area contributed by atoms with E-state index in [0.29, 0.717) is 18.7 Å². The number of aromatic carboxylic acids is 1. The van der Waals surface area contributed by atoms with Gasteiger partial charge in [0.05, 0.1) is 11.7 Å². The van der Waals surface area contributed by atoms with Crippen molar-refractivity contribution in [1.82, 2.24) is 4.90 Å². The van der Waals surface area contributed by atoms with Crippen LogP contribution in [0.25, 0.3) is 0 Å². The average molecular weight is 335 g/mol. The van der Waals surface area contributed by atoms with Crippen molar-refractivity contribution in [2.24, 2.45) is 5.92 Å². The van der Waals surface area contributed by atoms with Crippen LogP contribution in [0.4, 0.5) is 4.79 Å². The number of rotatable bonds is 3. The third-order valence-electron chi connectivity index (χ3n) is 4.07. The molecule has 6 nitrogen and oxygen atoms in total. The van der Waals surface area contributed by atoms with Crippen LogP contribution in [0.3, 0.4) is 0 Å². The molecule has 24 heavy (non-hydrogen) atoms. The largest absolute Gasteiger partial charge is 0.478 e. The second-order valence-electron chi connectivity index (χ2n) is 7.17. The molecule has 0 radical (unpaired) electrons. The smallest absolute Gasteiger partial charge is 0.410 e. The van der Waals surface area contributed by atoms with E-state index in [1.54, 1.807) is 23.1 Å². The van der Waals surface area contributed by atoms with Gasteiger partial charge in [-0.1, -0.05) is 18.2 Å². The van der Waals surface area contributed by atoms with Gasteiger partial charge in [0, 0.05) is 19.0 Å². The van der Waals surface area contributed by atoms with Crippen molar-refractivity contribution in [2.45, 2.75) is 45.3 Å². The molecule has 1 saturated heterocycles. The molecular weight excluding hydrogens is 310 g/mol. The summed E-state index contributed by atoms with van der Waals surface area (Å²) >= 11 is 0. The molecule has 6 heteroatoms. The number of aliphatic hydroxyl groups is 1. The number of carboxylic acids is 1. The van der Waals surface area contributed by atoms with Crippen molar-refractivity contribution < 1.29 is 24.5 Å². The van der Waals surface area contributed by atoms with Crippen LogP contribution in [-0.4, -0.2) is 45.9 Å². The topological polar surface area (TPSA) is 87.1 Å². The minimum atomic E-state index is -1.07. The summed E-state index contributed by atoms with van der Waals surface area (Å²) in [5.41, 5.74) is -0.0844. The molecule has 2 N–H and O–H groups in total. The van der Waals surface area contributed by atoms with Crippen molar-refractivity contribution in [3.05, 3.63) is 35.4 Å². The number of carbonyl (C=O) groups excluding carboxylic acids is 1. The van der Waals surface area contributed by atoms with Gasteiger partial charge in [0.15, 0.2) is 0 Å². The van der Waals surface area contributed by atoms with Gasteiger partial charge in [-0.2, -0.15) is 0 Å². The van der Waals surface area contributed by atoms with Gasteiger partial charge in [0.1, 0.15) is 5.60 Å². The molecule has 2 rings (SSSR count). The van der Waals surface area contributed by atoms with E-state index in [2.05, 4.69) is 0 Å². The van der Waals surface area contributed by atoms with Gasteiger partial charge >= 0.3 is 12.1 Å². The minimum Gasteiger partial charge on any atom is -0.478 e. The van der Waals surface area contributed by atoms with E-state index in [1.165, 1.54) is 6.07 Å². The fraction of sp³-hybridized carbons (Fsp3) is 0.556. The van der Waals surface area contributed by atoms with Crippen molar-refractivity contribution in [3.8, 4) is 0 Å². The first kappa shape index (κ1) is 18.3. The highest BCUT2D eigenvalue weighted by Gasteiger charge is 2.32. The summed E-state index contributed by atoms with van der Waals surface area (Å²) in [5.74, 6) is -1.28. The number of piperidine rings is 1. The standard InChI is InChI=1S/C18H25NO5/c1-18(2,3)24-17(23)19-10-6-7-12(11-19)15(20)13-8-4-5-9-14(13)16(21)22/h4-5,8-9,12,15,20H,6-7,10-11H2,1-3H3,(H,21,22).